The number of rotatable bonds is 16. The third-order valence-corrected chi connectivity index (χ3v) is 4.93. The van der Waals surface area contributed by atoms with Crippen LogP contribution in [-0.2, 0) is 17.6 Å². The standard InChI is InChI=1S/C26H38O3/c1-3-5-21-28-25-17-9-7-13-23(25)15-11-19-27-20-12-16-24-14-8-10-18-26(24)29-22-6-4-2/h7-10,13-14,17-18H,3-6,11-12,15-16,19-22H2,1-2H3. The summed E-state index contributed by atoms with van der Waals surface area (Å²) in [6.45, 7) is 7.55. The molecule has 29 heavy (non-hydrogen) atoms. The van der Waals surface area contributed by atoms with Crippen LogP contribution in [0, 0.1) is 0 Å². The van der Waals surface area contributed by atoms with Crippen molar-refractivity contribution < 1.29 is 14.2 Å². The molecule has 0 saturated carbocycles. The molecule has 0 aromatic heterocycles. The Labute approximate surface area is 177 Å². The first kappa shape index (κ1) is 23.3. The van der Waals surface area contributed by atoms with E-state index in [4.69, 9.17) is 14.2 Å². The van der Waals surface area contributed by atoms with Gasteiger partial charge in [0.1, 0.15) is 11.5 Å². The van der Waals surface area contributed by atoms with E-state index in [1.165, 1.54) is 11.1 Å². The highest BCUT2D eigenvalue weighted by Crippen LogP contribution is 2.21. The Bertz CT molecular complexity index is 611. The fraction of sp³-hybridized carbons (Fsp3) is 0.538. The van der Waals surface area contributed by atoms with Crippen LogP contribution in [-0.4, -0.2) is 26.4 Å². The molecule has 0 aliphatic rings. The second-order valence-corrected chi connectivity index (χ2v) is 7.44. The van der Waals surface area contributed by atoms with E-state index in [1.54, 1.807) is 0 Å². The average Bonchev–Trinajstić information content (AvgIpc) is 2.75. The van der Waals surface area contributed by atoms with Crippen molar-refractivity contribution >= 4 is 0 Å². The number of para-hydroxylation sites is 2. The van der Waals surface area contributed by atoms with Crippen molar-refractivity contribution in [1.82, 2.24) is 0 Å². The van der Waals surface area contributed by atoms with Gasteiger partial charge in [-0.1, -0.05) is 63.1 Å². The number of ether oxygens (including phenoxy) is 3. The van der Waals surface area contributed by atoms with Gasteiger partial charge in [0.05, 0.1) is 13.2 Å². The zero-order valence-electron chi connectivity index (χ0n) is 18.3. The summed E-state index contributed by atoms with van der Waals surface area (Å²) in [5.74, 6) is 2.06. The van der Waals surface area contributed by atoms with Crippen LogP contribution < -0.4 is 9.47 Å². The highest BCUT2D eigenvalue weighted by molar-refractivity contribution is 5.34. The Kier molecular flexibility index (Phi) is 12.0. The molecule has 3 heteroatoms. The molecule has 0 unspecified atom stereocenters. The highest BCUT2D eigenvalue weighted by atomic mass is 16.5. The van der Waals surface area contributed by atoms with Crippen LogP contribution in [0.1, 0.15) is 63.5 Å². The quantitative estimate of drug-likeness (QED) is 0.297. The predicted molar refractivity (Wildman–Crippen MR) is 121 cm³/mol. The molecule has 2 rings (SSSR count). The topological polar surface area (TPSA) is 27.7 Å². The van der Waals surface area contributed by atoms with E-state index in [9.17, 15) is 0 Å². The highest BCUT2D eigenvalue weighted by Gasteiger charge is 2.04. The van der Waals surface area contributed by atoms with Gasteiger partial charge in [0.15, 0.2) is 0 Å². The largest absolute Gasteiger partial charge is 0.493 e. The third kappa shape index (κ3) is 9.36. The SMILES string of the molecule is CCCCOc1ccccc1CCCOCCCc1ccccc1OCCCC. The molecule has 2 aromatic rings. The molecule has 0 aliphatic carbocycles. The molecule has 0 aliphatic heterocycles. The molecular weight excluding hydrogens is 360 g/mol. The molecular formula is C26H38O3. The summed E-state index contributed by atoms with van der Waals surface area (Å²) < 4.78 is 17.7. The lowest BCUT2D eigenvalue weighted by Crippen LogP contribution is -2.04. The Morgan fingerprint density at radius 3 is 1.45 bits per heavy atom. The number of unbranched alkanes of at least 4 members (excludes halogenated alkanes) is 2. The number of hydrogen-bond acceptors (Lipinski definition) is 3. The summed E-state index contributed by atoms with van der Waals surface area (Å²) in [7, 11) is 0. The first-order chi connectivity index (χ1) is 14.3. The zero-order valence-corrected chi connectivity index (χ0v) is 18.3. The molecule has 0 bridgehead atoms. The van der Waals surface area contributed by atoms with Crippen LogP contribution in [0.25, 0.3) is 0 Å². The fourth-order valence-corrected chi connectivity index (χ4v) is 3.19. The summed E-state index contributed by atoms with van der Waals surface area (Å²) in [4.78, 5) is 0. The van der Waals surface area contributed by atoms with Gasteiger partial charge >= 0.3 is 0 Å². The molecule has 160 valence electrons. The maximum absolute atomic E-state index is 5.92. The van der Waals surface area contributed by atoms with Crippen LogP contribution in [0.2, 0.25) is 0 Å². The van der Waals surface area contributed by atoms with Gasteiger partial charge in [-0.3, -0.25) is 0 Å². The normalized spacial score (nSPS) is 10.8. The molecule has 0 atom stereocenters. The molecule has 0 amide bonds. The van der Waals surface area contributed by atoms with Gasteiger partial charge in [0.2, 0.25) is 0 Å². The molecule has 0 radical (unpaired) electrons. The lowest BCUT2D eigenvalue weighted by Gasteiger charge is -2.12. The monoisotopic (exact) mass is 398 g/mol. The van der Waals surface area contributed by atoms with Crippen molar-refractivity contribution in [2.45, 2.75) is 65.2 Å². The van der Waals surface area contributed by atoms with E-state index in [0.717, 1.165) is 89.3 Å². The summed E-state index contributed by atoms with van der Waals surface area (Å²) in [6.07, 6.45) is 8.55. The minimum absolute atomic E-state index is 0.790. The van der Waals surface area contributed by atoms with Crippen LogP contribution in [0.5, 0.6) is 11.5 Å². The average molecular weight is 399 g/mol. The Hall–Kier alpha value is -2.00. The van der Waals surface area contributed by atoms with Gasteiger partial charge < -0.3 is 14.2 Å². The van der Waals surface area contributed by atoms with E-state index in [2.05, 4.69) is 50.2 Å². The van der Waals surface area contributed by atoms with E-state index >= 15 is 0 Å². The van der Waals surface area contributed by atoms with Crippen LogP contribution in [0.4, 0.5) is 0 Å². The molecule has 3 nitrogen and oxygen atoms in total. The Morgan fingerprint density at radius 1 is 0.552 bits per heavy atom. The maximum Gasteiger partial charge on any atom is 0.122 e. The van der Waals surface area contributed by atoms with Crippen molar-refractivity contribution in [2.24, 2.45) is 0 Å². The second-order valence-electron chi connectivity index (χ2n) is 7.44. The molecule has 0 saturated heterocycles. The first-order valence-corrected chi connectivity index (χ1v) is 11.3. The second kappa shape index (κ2) is 14.9. The summed E-state index contributed by atoms with van der Waals surface area (Å²) in [5.41, 5.74) is 2.57. The minimum Gasteiger partial charge on any atom is -0.493 e. The number of aryl methyl sites for hydroxylation is 2. The lowest BCUT2D eigenvalue weighted by atomic mass is 10.1. The zero-order chi connectivity index (χ0) is 20.6. The van der Waals surface area contributed by atoms with Crippen molar-refractivity contribution in [3.63, 3.8) is 0 Å². The molecule has 0 N–H and O–H groups in total. The van der Waals surface area contributed by atoms with Crippen molar-refractivity contribution in [2.75, 3.05) is 26.4 Å². The van der Waals surface area contributed by atoms with E-state index in [1.807, 2.05) is 12.1 Å². The number of hydrogen-bond donors (Lipinski definition) is 0. The van der Waals surface area contributed by atoms with Crippen molar-refractivity contribution in [3.8, 4) is 11.5 Å². The molecule has 2 aromatic carbocycles. The molecule has 0 spiro atoms. The Balaban J connectivity index is 1.62. The predicted octanol–water partition coefficient (Wildman–Crippen LogP) is 6.63. The maximum atomic E-state index is 5.92. The van der Waals surface area contributed by atoms with E-state index < -0.39 is 0 Å². The number of benzene rings is 2. The Morgan fingerprint density at radius 2 is 1.00 bits per heavy atom. The van der Waals surface area contributed by atoms with Crippen molar-refractivity contribution in [1.29, 1.82) is 0 Å². The minimum atomic E-state index is 0.790. The molecule has 0 heterocycles. The summed E-state index contributed by atoms with van der Waals surface area (Å²) in [5, 5.41) is 0. The summed E-state index contributed by atoms with van der Waals surface area (Å²) in [6, 6.07) is 16.7. The van der Waals surface area contributed by atoms with E-state index in [0.29, 0.717) is 0 Å². The van der Waals surface area contributed by atoms with Crippen LogP contribution in [0.15, 0.2) is 48.5 Å². The van der Waals surface area contributed by atoms with Crippen LogP contribution >= 0.6 is 0 Å². The van der Waals surface area contributed by atoms with Gasteiger partial charge in [0, 0.05) is 13.2 Å². The van der Waals surface area contributed by atoms with Gasteiger partial charge in [-0.2, -0.15) is 0 Å². The van der Waals surface area contributed by atoms with Gasteiger partial charge in [-0.25, -0.2) is 0 Å². The van der Waals surface area contributed by atoms with E-state index in [-0.39, 0.29) is 0 Å². The van der Waals surface area contributed by atoms with Crippen LogP contribution in [0.3, 0.4) is 0 Å². The molecule has 0 fully saturated rings. The summed E-state index contributed by atoms with van der Waals surface area (Å²) >= 11 is 0. The van der Waals surface area contributed by atoms with Gasteiger partial charge in [-0.15, -0.1) is 0 Å². The third-order valence-electron chi connectivity index (χ3n) is 4.93. The smallest absolute Gasteiger partial charge is 0.122 e. The lowest BCUT2D eigenvalue weighted by molar-refractivity contribution is 0.129. The fourth-order valence-electron chi connectivity index (χ4n) is 3.19. The van der Waals surface area contributed by atoms with Gasteiger partial charge in [0.25, 0.3) is 0 Å². The van der Waals surface area contributed by atoms with Gasteiger partial charge in [-0.05, 0) is 61.8 Å². The first-order valence-electron chi connectivity index (χ1n) is 11.3. The van der Waals surface area contributed by atoms with Crippen molar-refractivity contribution in [3.05, 3.63) is 59.7 Å².